The molecule has 0 rings (SSSR count). The lowest BCUT2D eigenvalue weighted by molar-refractivity contribution is -0.137. The standard InChI is InChI=1S/C6H13NO2.C3H5ClO2/c1-2-3-5(7)4-6(8)9;1-2-6-3(4)5/h5H,2-4,7H2,1H3,(H,8,9);2H2,1H3. The fraction of sp³-hybridized carbons (Fsp3) is 0.778. The first-order valence-corrected chi connectivity index (χ1v) is 5.11. The van der Waals surface area contributed by atoms with Crippen LogP contribution in [0.2, 0.25) is 0 Å². The molecule has 0 fully saturated rings. The molecule has 0 aliphatic rings. The van der Waals surface area contributed by atoms with Crippen molar-refractivity contribution < 1.29 is 19.4 Å². The van der Waals surface area contributed by atoms with Crippen molar-refractivity contribution in [1.29, 1.82) is 0 Å². The summed E-state index contributed by atoms with van der Waals surface area (Å²) >= 11 is 4.72. The summed E-state index contributed by atoms with van der Waals surface area (Å²) in [4.78, 5) is 19.6. The van der Waals surface area contributed by atoms with Gasteiger partial charge in [0.2, 0.25) is 0 Å². The van der Waals surface area contributed by atoms with Gasteiger partial charge < -0.3 is 15.6 Å². The summed E-state index contributed by atoms with van der Waals surface area (Å²) in [5.74, 6) is -0.809. The van der Waals surface area contributed by atoms with Crippen LogP contribution in [0, 0.1) is 0 Å². The molecule has 0 bridgehead atoms. The highest BCUT2D eigenvalue weighted by atomic mass is 35.5. The lowest BCUT2D eigenvalue weighted by Crippen LogP contribution is -2.22. The van der Waals surface area contributed by atoms with E-state index in [0.29, 0.717) is 6.61 Å². The van der Waals surface area contributed by atoms with Crippen molar-refractivity contribution >= 4 is 23.0 Å². The van der Waals surface area contributed by atoms with E-state index in [1.165, 1.54) is 0 Å². The Morgan fingerprint density at radius 3 is 2.20 bits per heavy atom. The molecule has 0 aromatic rings. The summed E-state index contributed by atoms with van der Waals surface area (Å²) in [7, 11) is 0. The minimum absolute atomic E-state index is 0.0911. The molecule has 0 saturated carbocycles. The molecule has 0 aliphatic heterocycles. The molecule has 90 valence electrons. The molecule has 0 aromatic heterocycles. The first-order chi connectivity index (χ1) is 6.93. The number of halogens is 1. The van der Waals surface area contributed by atoms with Crippen LogP contribution in [0.25, 0.3) is 0 Å². The van der Waals surface area contributed by atoms with Crippen LogP contribution < -0.4 is 5.73 Å². The number of rotatable bonds is 5. The van der Waals surface area contributed by atoms with Gasteiger partial charge in [0, 0.05) is 17.6 Å². The van der Waals surface area contributed by atoms with E-state index in [-0.39, 0.29) is 12.5 Å². The molecule has 0 spiro atoms. The molecule has 0 radical (unpaired) electrons. The quantitative estimate of drug-likeness (QED) is 0.716. The van der Waals surface area contributed by atoms with Gasteiger partial charge in [0.05, 0.1) is 13.0 Å². The number of carbonyl (C=O) groups is 2. The van der Waals surface area contributed by atoms with Crippen molar-refractivity contribution in [2.45, 2.75) is 39.2 Å². The largest absolute Gasteiger partial charge is 0.481 e. The lowest BCUT2D eigenvalue weighted by Gasteiger charge is -2.04. The van der Waals surface area contributed by atoms with E-state index in [2.05, 4.69) is 4.74 Å². The molecule has 6 heteroatoms. The summed E-state index contributed by atoms with van der Waals surface area (Å²) in [5, 5.41) is 8.23. The summed E-state index contributed by atoms with van der Waals surface area (Å²) in [6, 6.07) is -0.160. The first kappa shape index (κ1) is 16.6. The van der Waals surface area contributed by atoms with E-state index in [1.54, 1.807) is 6.92 Å². The average molecular weight is 240 g/mol. The van der Waals surface area contributed by atoms with E-state index >= 15 is 0 Å². The zero-order valence-corrected chi connectivity index (χ0v) is 9.79. The van der Waals surface area contributed by atoms with Crippen LogP contribution in [0.4, 0.5) is 4.79 Å². The van der Waals surface area contributed by atoms with Crippen LogP contribution in [0.15, 0.2) is 0 Å². The summed E-state index contributed by atoms with van der Waals surface area (Å²) < 4.78 is 4.17. The average Bonchev–Trinajstić information content (AvgIpc) is 2.03. The fourth-order valence-electron chi connectivity index (χ4n) is 0.811. The molecule has 1 atom stereocenters. The monoisotopic (exact) mass is 239 g/mol. The Kier molecular flexibility index (Phi) is 12.5. The third kappa shape index (κ3) is 19.6. The molecule has 5 nitrogen and oxygen atoms in total. The third-order valence-corrected chi connectivity index (χ3v) is 1.46. The Morgan fingerprint density at radius 1 is 1.47 bits per heavy atom. The van der Waals surface area contributed by atoms with Gasteiger partial charge in [-0.25, -0.2) is 4.79 Å². The van der Waals surface area contributed by atoms with E-state index in [0.717, 1.165) is 12.8 Å². The molecule has 3 N–H and O–H groups in total. The second kappa shape index (κ2) is 11.3. The third-order valence-electron chi connectivity index (χ3n) is 1.35. The lowest BCUT2D eigenvalue weighted by atomic mass is 10.1. The highest BCUT2D eigenvalue weighted by molar-refractivity contribution is 6.61. The van der Waals surface area contributed by atoms with Crippen molar-refractivity contribution in [2.24, 2.45) is 5.73 Å². The van der Waals surface area contributed by atoms with Crippen LogP contribution in [-0.2, 0) is 9.53 Å². The van der Waals surface area contributed by atoms with Gasteiger partial charge in [-0.3, -0.25) is 4.79 Å². The van der Waals surface area contributed by atoms with Gasteiger partial charge in [0.1, 0.15) is 0 Å². The van der Waals surface area contributed by atoms with Gasteiger partial charge in [0.15, 0.2) is 0 Å². The Hall–Kier alpha value is -0.810. The minimum Gasteiger partial charge on any atom is -0.481 e. The van der Waals surface area contributed by atoms with Crippen LogP contribution in [0.1, 0.15) is 33.1 Å². The smallest absolute Gasteiger partial charge is 0.403 e. The van der Waals surface area contributed by atoms with Gasteiger partial charge in [-0.1, -0.05) is 13.3 Å². The van der Waals surface area contributed by atoms with Gasteiger partial charge >= 0.3 is 11.4 Å². The number of hydrogen-bond acceptors (Lipinski definition) is 4. The van der Waals surface area contributed by atoms with Crippen LogP contribution in [0.5, 0.6) is 0 Å². The topological polar surface area (TPSA) is 89.6 Å². The Labute approximate surface area is 94.5 Å². The maximum absolute atomic E-state index is 10.0. The van der Waals surface area contributed by atoms with Gasteiger partial charge in [-0.05, 0) is 13.3 Å². The number of carbonyl (C=O) groups excluding carboxylic acids is 1. The second-order valence-electron chi connectivity index (χ2n) is 2.82. The molecule has 0 saturated heterocycles. The molecular weight excluding hydrogens is 222 g/mol. The van der Waals surface area contributed by atoms with Gasteiger partial charge in [-0.2, -0.15) is 0 Å². The van der Waals surface area contributed by atoms with E-state index in [1.807, 2.05) is 6.92 Å². The van der Waals surface area contributed by atoms with Crippen molar-refractivity contribution in [3.63, 3.8) is 0 Å². The molecule has 1 unspecified atom stereocenters. The predicted octanol–water partition coefficient (Wildman–Crippen LogP) is 1.97. The minimum atomic E-state index is -0.809. The first-order valence-electron chi connectivity index (χ1n) is 4.73. The maximum Gasteiger partial charge on any atom is 0.403 e. The normalized spacial score (nSPS) is 10.9. The molecule has 15 heavy (non-hydrogen) atoms. The Morgan fingerprint density at radius 2 is 2.00 bits per heavy atom. The van der Waals surface area contributed by atoms with E-state index < -0.39 is 11.4 Å². The molecule has 0 amide bonds. The highest BCUT2D eigenvalue weighted by Crippen LogP contribution is 1.96. The van der Waals surface area contributed by atoms with Crippen molar-refractivity contribution in [3.05, 3.63) is 0 Å². The highest BCUT2D eigenvalue weighted by Gasteiger charge is 2.04. The van der Waals surface area contributed by atoms with Crippen molar-refractivity contribution in [2.75, 3.05) is 6.61 Å². The predicted molar refractivity (Wildman–Crippen MR) is 58.0 cm³/mol. The summed E-state index contributed by atoms with van der Waals surface area (Å²) in [6.07, 6.45) is 1.84. The summed E-state index contributed by atoms with van der Waals surface area (Å²) in [5.41, 5.74) is 4.67. The molecule has 0 heterocycles. The van der Waals surface area contributed by atoms with Crippen LogP contribution >= 0.6 is 11.6 Å². The summed E-state index contributed by atoms with van der Waals surface area (Å²) in [6.45, 7) is 4.03. The number of hydrogen-bond donors (Lipinski definition) is 2. The van der Waals surface area contributed by atoms with Gasteiger partial charge in [-0.15, -0.1) is 0 Å². The number of nitrogens with two attached hydrogens (primary N) is 1. The SMILES string of the molecule is CCCC(N)CC(=O)O.CCOC(=O)Cl. The number of carboxylic acids is 1. The molecule has 0 aliphatic carbocycles. The second-order valence-corrected chi connectivity index (χ2v) is 3.13. The number of carboxylic acid groups (broad SMARTS) is 1. The zero-order chi connectivity index (χ0) is 12.3. The Balaban J connectivity index is 0. The van der Waals surface area contributed by atoms with Crippen molar-refractivity contribution in [1.82, 2.24) is 0 Å². The molecular formula is C9H18ClNO4. The van der Waals surface area contributed by atoms with Crippen molar-refractivity contribution in [3.8, 4) is 0 Å². The molecule has 0 aromatic carbocycles. The van der Waals surface area contributed by atoms with E-state index in [4.69, 9.17) is 22.4 Å². The van der Waals surface area contributed by atoms with E-state index in [9.17, 15) is 9.59 Å². The maximum atomic E-state index is 10.0. The van der Waals surface area contributed by atoms with Crippen LogP contribution in [0.3, 0.4) is 0 Å². The number of ether oxygens (including phenoxy) is 1. The Bertz CT molecular complexity index is 187. The zero-order valence-electron chi connectivity index (χ0n) is 9.03. The fourth-order valence-corrected chi connectivity index (χ4v) is 0.920. The number of aliphatic carboxylic acids is 1. The van der Waals surface area contributed by atoms with Gasteiger partial charge in [0.25, 0.3) is 0 Å². The van der Waals surface area contributed by atoms with Crippen LogP contribution in [-0.4, -0.2) is 29.2 Å².